The molecule has 0 aromatic heterocycles. The zero-order valence-electron chi connectivity index (χ0n) is 11.6. The van der Waals surface area contributed by atoms with Crippen molar-refractivity contribution in [2.45, 2.75) is 38.3 Å². The van der Waals surface area contributed by atoms with Crippen LogP contribution in [0.4, 0.5) is 0 Å². The molecular weight excluding hydrogens is 224 g/mol. The van der Waals surface area contributed by atoms with Crippen molar-refractivity contribution in [3.8, 4) is 5.75 Å². The van der Waals surface area contributed by atoms with Gasteiger partial charge in [-0.3, -0.25) is 0 Å². The number of phenols is 1. The van der Waals surface area contributed by atoms with Gasteiger partial charge < -0.3 is 15.3 Å². The highest BCUT2D eigenvalue weighted by Gasteiger charge is 2.23. The van der Waals surface area contributed by atoms with Gasteiger partial charge in [0.1, 0.15) is 5.75 Å². The minimum absolute atomic E-state index is 0.384. The first-order valence-corrected chi connectivity index (χ1v) is 6.79. The molecule has 18 heavy (non-hydrogen) atoms. The molecule has 0 heterocycles. The predicted molar refractivity (Wildman–Crippen MR) is 74.9 cm³/mol. The third kappa shape index (κ3) is 3.24. The van der Waals surface area contributed by atoms with E-state index in [1.54, 1.807) is 6.07 Å². The second kappa shape index (κ2) is 5.72. The average molecular weight is 248 g/mol. The lowest BCUT2D eigenvalue weighted by molar-refractivity contribution is 0.349. The molecule has 0 amide bonds. The van der Waals surface area contributed by atoms with Crippen molar-refractivity contribution in [3.05, 3.63) is 29.3 Å². The van der Waals surface area contributed by atoms with E-state index < -0.39 is 0 Å². The second-order valence-electron chi connectivity index (χ2n) is 5.63. The van der Waals surface area contributed by atoms with Crippen molar-refractivity contribution in [2.24, 2.45) is 0 Å². The maximum Gasteiger partial charge on any atom is 0.115 e. The molecule has 2 atom stereocenters. The third-order valence-corrected chi connectivity index (χ3v) is 3.70. The molecule has 0 fully saturated rings. The second-order valence-corrected chi connectivity index (χ2v) is 5.63. The van der Waals surface area contributed by atoms with Gasteiger partial charge in [-0.25, -0.2) is 0 Å². The summed E-state index contributed by atoms with van der Waals surface area (Å²) in [6.07, 6.45) is 3.38. The van der Waals surface area contributed by atoms with Crippen molar-refractivity contribution in [2.75, 3.05) is 20.6 Å². The Balaban J connectivity index is 1.93. The Kier molecular flexibility index (Phi) is 4.25. The van der Waals surface area contributed by atoms with E-state index in [4.69, 9.17) is 0 Å². The molecule has 1 aromatic rings. The number of nitrogens with one attached hydrogen (secondary N) is 1. The Labute approximate surface area is 110 Å². The fourth-order valence-corrected chi connectivity index (χ4v) is 2.66. The highest BCUT2D eigenvalue weighted by atomic mass is 16.3. The number of hydrogen-bond acceptors (Lipinski definition) is 3. The number of phenolic OH excluding ortho intramolecular Hbond substituents is 1. The summed E-state index contributed by atoms with van der Waals surface area (Å²) in [6, 6.07) is 6.74. The molecule has 100 valence electrons. The first-order valence-electron chi connectivity index (χ1n) is 6.79. The first-order chi connectivity index (χ1) is 8.56. The van der Waals surface area contributed by atoms with Gasteiger partial charge in [0, 0.05) is 12.1 Å². The Morgan fingerprint density at radius 1 is 1.44 bits per heavy atom. The zero-order chi connectivity index (χ0) is 13.1. The fraction of sp³-hybridized carbons (Fsp3) is 0.600. The summed E-state index contributed by atoms with van der Waals surface area (Å²) in [4.78, 5) is 2.22. The summed E-state index contributed by atoms with van der Waals surface area (Å²) in [5.41, 5.74) is 2.66. The van der Waals surface area contributed by atoms with E-state index in [2.05, 4.69) is 37.3 Å². The van der Waals surface area contributed by atoms with Crippen LogP contribution in [0, 0.1) is 0 Å². The molecule has 2 rings (SSSR count). The molecule has 2 unspecified atom stereocenters. The average Bonchev–Trinajstić information content (AvgIpc) is 2.69. The van der Waals surface area contributed by atoms with Gasteiger partial charge in [0.25, 0.3) is 0 Å². The SMILES string of the molecule is CC(CCN(C)C)NC1CCc2cc(O)ccc21. The van der Waals surface area contributed by atoms with Crippen molar-refractivity contribution < 1.29 is 5.11 Å². The van der Waals surface area contributed by atoms with E-state index in [9.17, 15) is 5.11 Å². The fourth-order valence-electron chi connectivity index (χ4n) is 2.66. The van der Waals surface area contributed by atoms with Crippen molar-refractivity contribution >= 4 is 0 Å². The summed E-state index contributed by atoms with van der Waals surface area (Å²) in [7, 11) is 4.22. The minimum Gasteiger partial charge on any atom is -0.508 e. The van der Waals surface area contributed by atoms with Crippen molar-refractivity contribution in [3.63, 3.8) is 0 Å². The van der Waals surface area contributed by atoms with Gasteiger partial charge in [-0.2, -0.15) is 0 Å². The Hall–Kier alpha value is -1.06. The molecule has 2 N–H and O–H groups in total. The molecule has 0 spiro atoms. The highest BCUT2D eigenvalue weighted by Crippen LogP contribution is 2.33. The van der Waals surface area contributed by atoms with Crippen LogP contribution < -0.4 is 5.32 Å². The molecule has 0 saturated heterocycles. The lowest BCUT2D eigenvalue weighted by atomic mass is 10.1. The molecule has 1 aliphatic carbocycles. The number of nitrogens with zero attached hydrogens (tertiary/aromatic N) is 1. The normalized spacial score (nSPS) is 20.1. The van der Waals surface area contributed by atoms with Crippen LogP contribution >= 0.6 is 0 Å². The van der Waals surface area contributed by atoms with Crippen LogP contribution in [0.1, 0.15) is 36.9 Å². The standard InChI is InChI=1S/C15H24N2O/c1-11(8-9-17(2)3)16-15-7-4-12-10-13(18)5-6-14(12)15/h5-6,10-11,15-16,18H,4,7-9H2,1-3H3. The van der Waals surface area contributed by atoms with Crippen molar-refractivity contribution in [1.29, 1.82) is 0 Å². The largest absolute Gasteiger partial charge is 0.508 e. The van der Waals surface area contributed by atoms with Crippen LogP contribution in [-0.4, -0.2) is 36.7 Å². The van der Waals surface area contributed by atoms with Gasteiger partial charge in [-0.15, -0.1) is 0 Å². The van der Waals surface area contributed by atoms with Crippen LogP contribution in [0.5, 0.6) is 5.75 Å². The van der Waals surface area contributed by atoms with E-state index in [-0.39, 0.29) is 0 Å². The molecule has 0 saturated carbocycles. The Morgan fingerprint density at radius 2 is 2.22 bits per heavy atom. The number of fused-ring (bicyclic) bond motifs is 1. The van der Waals surface area contributed by atoms with Gasteiger partial charge in [-0.1, -0.05) is 6.07 Å². The van der Waals surface area contributed by atoms with Gasteiger partial charge in [-0.05, 0) is 70.1 Å². The van der Waals surface area contributed by atoms with Crippen LogP contribution in [0.3, 0.4) is 0 Å². The number of aromatic hydroxyl groups is 1. The van der Waals surface area contributed by atoms with E-state index >= 15 is 0 Å². The summed E-state index contributed by atoms with van der Waals surface area (Å²) in [6.45, 7) is 3.37. The molecular formula is C15H24N2O. The lowest BCUT2D eigenvalue weighted by Crippen LogP contribution is -2.32. The maximum atomic E-state index is 9.48. The molecule has 1 aromatic carbocycles. The van der Waals surface area contributed by atoms with E-state index in [1.165, 1.54) is 11.1 Å². The van der Waals surface area contributed by atoms with Gasteiger partial charge in [0.05, 0.1) is 0 Å². The molecule has 3 heteroatoms. The highest BCUT2D eigenvalue weighted by molar-refractivity contribution is 5.40. The Morgan fingerprint density at radius 3 is 2.94 bits per heavy atom. The van der Waals surface area contributed by atoms with Gasteiger partial charge >= 0.3 is 0 Å². The lowest BCUT2D eigenvalue weighted by Gasteiger charge is -2.22. The number of aryl methyl sites for hydroxylation is 1. The number of rotatable bonds is 5. The topological polar surface area (TPSA) is 35.5 Å². The minimum atomic E-state index is 0.384. The smallest absolute Gasteiger partial charge is 0.115 e. The van der Waals surface area contributed by atoms with Crippen molar-refractivity contribution in [1.82, 2.24) is 10.2 Å². The van der Waals surface area contributed by atoms with E-state index in [0.717, 1.165) is 25.8 Å². The first kappa shape index (κ1) is 13.4. The summed E-state index contributed by atoms with van der Waals surface area (Å²) in [5.74, 6) is 0.384. The molecule has 0 aliphatic heterocycles. The third-order valence-electron chi connectivity index (χ3n) is 3.70. The van der Waals surface area contributed by atoms with Gasteiger partial charge in [0.2, 0.25) is 0 Å². The van der Waals surface area contributed by atoms with E-state index in [1.807, 2.05) is 6.07 Å². The maximum absolute atomic E-state index is 9.48. The summed E-state index contributed by atoms with van der Waals surface area (Å²) >= 11 is 0. The van der Waals surface area contributed by atoms with Crippen LogP contribution in [0.2, 0.25) is 0 Å². The molecule has 0 bridgehead atoms. The molecule has 1 aliphatic rings. The molecule has 0 radical (unpaired) electrons. The van der Waals surface area contributed by atoms with Crippen LogP contribution in [0.15, 0.2) is 18.2 Å². The summed E-state index contributed by atoms with van der Waals surface area (Å²) in [5, 5.41) is 13.2. The van der Waals surface area contributed by atoms with Gasteiger partial charge in [0.15, 0.2) is 0 Å². The van der Waals surface area contributed by atoms with E-state index in [0.29, 0.717) is 17.8 Å². The van der Waals surface area contributed by atoms with Crippen LogP contribution in [0.25, 0.3) is 0 Å². The molecule has 3 nitrogen and oxygen atoms in total. The number of hydrogen-bond donors (Lipinski definition) is 2. The zero-order valence-corrected chi connectivity index (χ0v) is 11.6. The predicted octanol–water partition coefficient (Wildman–Crippen LogP) is 2.31. The number of benzene rings is 1. The Bertz CT molecular complexity index is 403. The van der Waals surface area contributed by atoms with Crippen LogP contribution in [-0.2, 0) is 6.42 Å². The monoisotopic (exact) mass is 248 g/mol. The summed E-state index contributed by atoms with van der Waals surface area (Å²) < 4.78 is 0. The quantitative estimate of drug-likeness (QED) is 0.839.